The molecule has 0 spiro atoms. The molecule has 6 nitrogen and oxygen atoms in total. The summed E-state index contributed by atoms with van der Waals surface area (Å²) in [4.78, 5) is 15.8. The van der Waals surface area contributed by atoms with Gasteiger partial charge >= 0.3 is 6.18 Å². The predicted molar refractivity (Wildman–Crippen MR) is 91.9 cm³/mol. The number of hydrogen-bond acceptors (Lipinski definition) is 4. The molecule has 0 aliphatic carbocycles. The Morgan fingerprint density at radius 1 is 1.33 bits per heavy atom. The van der Waals surface area contributed by atoms with Gasteiger partial charge in [0.15, 0.2) is 5.82 Å². The Balaban J connectivity index is 2.13. The van der Waals surface area contributed by atoms with E-state index in [-0.39, 0.29) is 0 Å². The van der Waals surface area contributed by atoms with Crippen LogP contribution in [0, 0.1) is 0 Å². The minimum atomic E-state index is -5.06. The first-order chi connectivity index (χ1) is 12.6. The van der Waals surface area contributed by atoms with Crippen LogP contribution in [0.1, 0.15) is 37.7 Å². The number of aryl methyl sites for hydroxylation is 1. The van der Waals surface area contributed by atoms with Crippen molar-refractivity contribution < 1.29 is 27.8 Å². The summed E-state index contributed by atoms with van der Waals surface area (Å²) in [5, 5.41) is 12.7. The molecular formula is C18H22F3N3O3. The molecule has 2 aromatic rings. The van der Waals surface area contributed by atoms with Crippen LogP contribution in [-0.2, 0) is 17.4 Å². The smallest absolute Gasteiger partial charge is 0.425 e. The van der Waals surface area contributed by atoms with Crippen LogP contribution in [0.5, 0.6) is 5.75 Å². The van der Waals surface area contributed by atoms with Gasteiger partial charge in [-0.05, 0) is 31.5 Å². The molecule has 0 aliphatic heterocycles. The van der Waals surface area contributed by atoms with E-state index in [1.165, 1.54) is 13.2 Å². The van der Waals surface area contributed by atoms with Gasteiger partial charge in [0.2, 0.25) is 11.5 Å². The summed E-state index contributed by atoms with van der Waals surface area (Å²) >= 11 is 0. The quantitative estimate of drug-likeness (QED) is 0.769. The minimum absolute atomic E-state index is 0.509. The molecule has 2 N–H and O–H groups in total. The van der Waals surface area contributed by atoms with Gasteiger partial charge in [-0.1, -0.05) is 12.1 Å². The van der Waals surface area contributed by atoms with E-state index in [1.807, 2.05) is 6.92 Å². The fraction of sp³-hybridized carbons (Fsp3) is 0.444. The number of nitrogens with one attached hydrogen (secondary N) is 1. The lowest BCUT2D eigenvalue weighted by Gasteiger charge is -2.29. The number of alkyl halides is 3. The average Bonchev–Trinajstić information content (AvgIpc) is 3.01. The van der Waals surface area contributed by atoms with Gasteiger partial charge in [0.1, 0.15) is 5.75 Å². The normalized spacial score (nSPS) is 15.1. The molecule has 9 heteroatoms. The van der Waals surface area contributed by atoms with E-state index >= 15 is 0 Å². The van der Waals surface area contributed by atoms with Crippen molar-refractivity contribution in [1.29, 1.82) is 0 Å². The SMILES string of the molecule is CCOc1ccc(C(C)NC(=O)CC(O)(c2nccn2C)C(F)(F)F)cc1. The van der Waals surface area contributed by atoms with Crippen molar-refractivity contribution in [3.63, 3.8) is 0 Å². The summed E-state index contributed by atoms with van der Waals surface area (Å²) in [6.45, 7) is 4.00. The molecule has 0 fully saturated rings. The van der Waals surface area contributed by atoms with Crippen LogP contribution >= 0.6 is 0 Å². The zero-order valence-corrected chi connectivity index (χ0v) is 15.2. The molecule has 0 aliphatic rings. The second kappa shape index (κ2) is 7.99. The molecule has 2 unspecified atom stereocenters. The van der Waals surface area contributed by atoms with Crippen molar-refractivity contribution >= 4 is 5.91 Å². The molecule has 1 amide bonds. The van der Waals surface area contributed by atoms with Crippen molar-refractivity contribution in [3.8, 4) is 5.75 Å². The lowest BCUT2D eigenvalue weighted by atomic mass is 9.96. The number of hydrogen-bond donors (Lipinski definition) is 2. The van der Waals surface area contributed by atoms with Crippen LogP contribution in [-0.4, -0.2) is 33.3 Å². The third-order valence-electron chi connectivity index (χ3n) is 4.15. The molecule has 0 radical (unpaired) electrons. The van der Waals surface area contributed by atoms with Gasteiger partial charge in [0.05, 0.1) is 19.1 Å². The summed E-state index contributed by atoms with van der Waals surface area (Å²) in [7, 11) is 1.32. The van der Waals surface area contributed by atoms with Crippen molar-refractivity contribution in [1.82, 2.24) is 14.9 Å². The predicted octanol–water partition coefficient (Wildman–Crippen LogP) is 2.84. The van der Waals surface area contributed by atoms with E-state index in [0.29, 0.717) is 17.9 Å². The number of carbonyl (C=O) groups excluding carboxylic acids is 1. The standard InChI is InChI=1S/C18H22F3N3O3/c1-4-27-14-7-5-13(6-8-14)12(2)23-15(25)11-17(26,18(19,20)21)16-22-9-10-24(16)3/h5-10,12,26H,4,11H2,1-3H3,(H,23,25). The van der Waals surface area contributed by atoms with Gasteiger partial charge < -0.3 is 19.7 Å². The van der Waals surface area contributed by atoms with Crippen molar-refractivity contribution in [3.05, 3.63) is 48.0 Å². The molecule has 2 atom stereocenters. The maximum absolute atomic E-state index is 13.5. The first-order valence-electron chi connectivity index (χ1n) is 8.37. The van der Waals surface area contributed by atoms with Crippen LogP contribution in [0.3, 0.4) is 0 Å². The van der Waals surface area contributed by atoms with E-state index in [4.69, 9.17) is 4.74 Å². The molecule has 148 valence electrons. The number of amides is 1. The maximum Gasteiger partial charge on any atom is 0.425 e. The summed E-state index contributed by atoms with van der Waals surface area (Å²) in [6, 6.07) is 6.30. The van der Waals surface area contributed by atoms with E-state index in [2.05, 4.69) is 10.3 Å². The number of imidazole rings is 1. The van der Waals surface area contributed by atoms with Crippen molar-refractivity contribution in [2.75, 3.05) is 6.61 Å². The highest BCUT2D eigenvalue weighted by atomic mass is 19.4. The maximum atomic E-state index is 13.5. The Labute approximate surface area is 155 Å². The number of ether oxygens (including phenoxy) is 1. The summed E-state index contributed by atoms with van der Waals surface area (Å²) in [5.41, 5.74) is -2.69. The molecular weight excluding hydrogens is 363 g/mol. The molecule has 1 aromatic carbocycles. The third-order valence-corrected chi connectivity index (χ3v) is 4.15. The molecule has 0 bridgehead atoms. The average molecular weight is 385 g/mol. The van der Waals surface area contributed by atoms with Gasteiger partial charge in [0, 0.05) is 19.4 Å². The highest BCUT2D eigenvalue weighted by Gasteiger charge is 2.58. The monoisotopic (exact) mass is 385 g/mol. The zero-order valence-electron chi connectivity index (χ0n) is 15.2. The molecule has 2 rings (SSSR count). The van der Waals surface area contributed by atoms with Crippen LogP contribution in [0.2, 0.25) is 0 Å². The van der Waals surface area contributed by atoms with Crippen LogP contribution < -0.4 is 10.1 Å². The first kappa shape index (κ1) is 20.8. The Bertz CT molecular complexity index is 774. The fourth-order valence-electron chi connectivity index (χ4n) is 2.70. The number of benzene rings is 1. The van der Waals surface area contributed by atoms with Gasteiger partial charge in [-0.15, -0.1) is 0 Å². The van der Waals surface area contributed by atoms with Crippen molar-refractivity contribution in [2.45, 2.75) is 38.1 Å². The van der Waals surface area contributed by atoms with Crippen LogP contribution in [0.25, 0.3) is 0 Å². The van der Waals surface area contributed by atoms with Gasteiger partial charge in [-0.3, -0.25) is 4.79 Å². The first-order valence-corrected chi connectivity index (χ1v) is 8.37. The molecule has 27 heavy (non-hydrogen) atoms. The lowest BCUT2D eigenvalue weighted by molar-refractivity contribution is -0.271. The number of nitrogens with zero attached hydrogens (tertiary/aromatic N) is 2. The van der Waals surface area contributed by atoms with E-state index in [1.54, 1.807) is 31.2 Å². The van der Waals surface area contributed by atoms with Gasteiger partial charge in [0.25, 0.3) is 0 Å². The highest BCUT2D eigenvalue weighted by Crippen LogP contribution is 2.40. The number of halogens is 3. The number of rotatable bonds is 7. The van der Waals surface area contributed by atoms with E-state index in [0.717, 1.165) is 10.8 Å². The van der Waals surface area contributed by atoms with E-state index in [9.17, 15) is 23.1 Å². The minimum Gasteiger partial charge on any atom is -0.494 e. The number of carbonyl (C=O) groups is 1. The molecule has 0 saturated carbocycles. The topological polar surface area (TPSA) is 76.4 Å². The fourth-order valence-corrected chi connectivity index (χ4v) is 2.70. The Morgan fingerprint density at radius 3 is 2.44 bits per heavy atom. The zero-order chi connectivity index (χ0) is 20.2. The van der Waals surface area contributed by atoms with E-state index < -0.39 is 36.0 Å². The molecule has 0 saturated heterocycles. The lowest BCUT2D eigenvalue weighted by Crippen LogP contribution is -2.48. The molecule has 1 aromatic heterocycles. The third kappa shape index (κ3) is 4.60. The number of aliphatic hydroxyl groups is 1. The molecule has 1 heterocycles. The highest BCUT2D eigenvalue weighted by molar-refractivity contribution is 5.77. The second-order valence-electron chi connectivity index (χ2n) is 6.19. The van der Waals surface area contributed by atoms with Gasteiger partial charge in [-0.25, -0.2) is 4.98 Å². The Kier molecular flexibility index (Phi) is 6.15. The Hall–Kier alpha value is -2.55. The van der Waals surface area contributed by atoms with Crippen molar-refractivity contribution in [2.24, 2.45) is 7.05 Å². The summed E-state index contributed by atoms with van der Waals surface area (Å²) < 4.78 is 46.8. The summed E-state index contributed by atoms with van der Waals surface area (Å²) in [5.74, 6) is -0.931. The number of aromatic nitrogens is 2. The Morgan fingerprint density at radius 2 is 1.96 bits per heavy atom. The van der Waals surface area contributed by atoms with Gasteiger partial charge in [-0.2, -0.15) is 13.2 Å². The van der Waals surface area contributed by atoms with Crippen LogP contribution in [0.15, 0.2) is 36.7 Å². The second-order valence-corrected chi connectivity index (χ2v) is 6.19. The summed E-state index contributed by atoms with van der Waals surface area (Å²) in [6.07, 6.45) is -3.85. The van der Waals surface area contributed by atoms with Crippen LogP contribution in [0.4, 0.5) is 13.2 Å². The largest absolute Gasteiger partial charge is 0.494 e.